The van der Waals surface area contributed by atoms with Crippen molar-refractivity contribution in [1.29, 1.82) is 0 Å². The van der Waals surface area contributed by atoms with Gasteiger partial charge < -0.3 is 14.6 Å². The van der Waals surface area contributed by atoms with Crippen molar-refractivity contribution in [3.05, 3.63) is 41.6 Å². The molecule has 2 unspecified atom stereocenters. The van der Waals surface area contributed by atoms with Crippen LogP contribution in [0.15, 0.2) is 29.0 Å². The van der Waals surface area contributed by atoms with Crippen LogP contribution in [0.3, 0.4) is 0 Å². The first-order chi connectivity index (χ1) is 13.2. The van der Waals surface area contributed by atoms with Gasteiger partial charge in [0.1, 0.15) is 5.76 Å². The third-order valence-electron chi connectivity index (χ3n) is 5.69. The van der Waals surface area contributed by atoms with Crippen molar-refractivity contribution in [2.75, 3.05) is 18.0 Å². The van der Waals surface area contributed by atoms with Crippen molar-refractivity contribution in [1.82, 2.24) is 15.3 Å². The highest BCUT2D eigenvalue weighted by Crippen LogP contribution is 2.26. The van der Waals surface area contributed by atoms with Crippen LogP contribution < -0.4 is 10.2 Å². The van der Waals surface area contributed by atoms with Gasteiger partial charge in [-0.1, -0.05) is 0 Å². The first-order valence-corrected chi connectivity index (χ1v) is 10.1. The molecule has 1 amide bonds. The summed E-state index contributed by atoms with van der Waals surface area (Å²) < 4.78 is 5.36. The predicted molar refractivity (Wildman–Crippen MR) is 104 cm³/mol. The lowest BCUT2D eigenvalue weighted by atomic mass is 9.86. The molecule has 1 saturated heterocycles. The highest BCUT2D eigenvalue weighted by molar-refractivity contribution is 5.79. The summed E-state index contributed by atoms with van der Waals surface area (Å²) in [6.07, 6.45) is 10.3. The lowest BCUT2D eigenvalue weighted by Crippen LogP contribution is -2.39. The van der Waals surface area contributed by atoms with E-state index >= 15 is 0 Å². The molecule has 1 fully saturated rings. The smallest absolute Gasteiger partial charge is 0.225 e. The largest absolute Gasteiger partial charge is 0.469 e. The second-order valence-corrected chi connectivity index (χ2v) is 7.80. The second kappa shape index (κ2) is 8.11. The third kappa shape index (κ3) is 4.31. The summed E-state index contributed by atoms with van der Waals surface area (Å²) in [5, 5.41) is 3.17. The molecule has 1 aliphatic heterocycles. The average molecular weight is 368 g/mol. The number of carbonyl (C=O) groups excluding carboxylic acids is 1. The topological polar surface area (TPSA) is 71.3 Å². The third-order valence-corrected chi connectivity index (χ3v) is 5.69. The van der Waals surface area contributed by atoms with Gasteiger partial charge in [-0.2, -0.15) is 0 Å². The average Bonchev–Trinajstić information content (AvgIpc) is 3.39. The number of hydrogen-bond acceptors (Lipinski definition) is 5. The molecular formula is C21H28N4O2. The fourth-order valence-electron chi connectivity index (χ4n) is 4.04. The van der Waals surface area contributed by atoms with E-state index in [4.69, 9.17) is 9.40 Å². The SMILES string of the molecule is CC(CCc1ccco1)NC(=O)C1CCc2nc(N3CCCC3)ncc2C1. The van der Waals surface area contributed by atoms with Crippen LogP contribution in [0.1, 0.15) is 49.6 Å². The van der Waals surface area contributed by atoms with Crippen LogP contribution in [-0.2, 0) is 24.1 Å². The lowest BCUT2D eigenvalue weighted by Gasteiger charge is -2.26. The van der Waals surface area contributed by atoms with E-state index in [-0.39, 0.29) is 17.9 Å². The first kappa shape index (κ1) is 18.0. The van der Waals surface area contributed by atoms with Crippen LogP contribution in [0, 0.1) is 5.92 Å². The zero-order valence-corrected chi connectivity index (χ0v) is 16.0. The zero-order valence-electron chi connectivity index (χ0n) is 16.0. The molecule has 6 heteroatoms. The molecule has 1 aliphatic carbocycles. The summed E-state index contributed by atoms with van der Waals surface area (Å²) in [4.78, 5) is 24.3. The van der Waals surface area contributed by atoms with Gasteiger partial charge in [0.25, 0.3) is 0 Å². The highest BCUT2D eigenvalue weighted by Gasteiger charge is 2.27. The minimum atomic E-state index is 0.0183. The van der Waals surface area contributed by atoms with Gasteiger partial charge in [0.15, 0.2) is 0 Å². The molecule has 1 N–H and O–H groups in total. The van der Waals surface area contributed by atoms with Crippen molar-refractivity contribution in [2.45, 2.75) is 57.9 Å². The van der Waals surface area contributed by atoms with Crippen LogP contribution in [0.2, 0.25) is 0 Å². The maximum Gasteiger partial charge on any atom is 0.225 e. The zero-order chi connectivity index (χ0) is 18.6. The van der Waals surface area contributed by atoms with Gasteiger partial charge in [0.05, 0.1) is 6.26 Å². The van der Waals surface area contributed by atoms with E-state index < -0.39 is 0 Å². The number of nitrogens with zero attached hydrogens (tertiary/aromatic N) is 3. The minimum absolute atomic E-state index is 0.0183. The Morgan fingerprint density at radius 1 is 1.41 bits per heavy atom. The Morgan fingerprint density at radius 2 is 2.26 bits per heavy atom. The lowest BCUT2D eigenvalue weighted by molar-refractivity contribution is -0.126. The van der Waals surface area contributed by atoms with Gasteiger partial charge in [-0.05, 0) is 63.1 Å². The second-order valence-electron chi connectivity index (χ2n) is 7.80. The molecule has 144 valence electrons. The molecule has 27 heavy (non-hydrogen) atoms. The number of nitrogens with one attached hydrogen (secondary N) is 1. The molecule has 0 radical (unpaired) electrons. The van der Waals surface area contributed by atoms with Gasteiger partial charge in [-0.25, -0.2) is 9.97 Å². The summed E-state index contributed by atoms with van der Waals surface area (Å²) in [5.74, 6) is 2.00. The van der Waals surface area contributed by atoms with Gasteiger partial charge in [-0.3, -0.25) is 4.79 Å². The number of aromatic nitrogens is 2. The summed E-state index contributed by atoms with van der Waals surface area (Å²) in [5.41, 5.74) is 2.26. The van der Waals surface area contributed by atoms with Crippen LogP contribution in [0.4, 0.5) is 5.95 Å². The van der Waals surface area contributed by atoms with E-state index in [2.05, 4.69) is 22.1 Å². The van der Waals surface area contributed by atoms with Crippen molar-refractivity contribution in [3.63, 3.8) is 0 Å². The Kier molecular flexibility index (Phi) is 5.41. The van der Waals surface area contributed by atoms with E-state index in [1.807, 2.05) is 18.3 Å². The number of hydrogen-bond donors (Lipinski definition) is 1. The van der Waals surface area contributed by atoms with Gasteiger partial charge >= 0.3 is 0 Å². The Balaban J connectivity index is 1.31. The Hall–Kier alpha value is -2.37. The Labute approximate surface area is 160 Å². The van der Waals surface area contributed by atoms with E-state index in [1.165, 1.54) is 12.8 Å². The number of aryl methyl sites for hydroxylation is 2. The van der Waals surface area contributed by atoms with Crippen molar-refractivity contribution < 1.29 is 9.21 Å². The molecule has 6 nitrogen and oxygen atoms in total. The van der Waals surface area contributed by atoms with Gasteiger partial charge in [0, 0.05) is 43.4 Å². The van der Waals surface area contributed by atoms with Crippen molar-refractivity contribution in [2.24, 2.45) is 5.92 Å². The normalized spacial score (nSPS) is 20.3. The summed E-state index contributed by atoms with van der Waals surface area (Å²) in [6, 6.07) is 4.01. The molecule has 2 aliphatic rings. The van der Waals surface area contributed by atoms with Crippen LogP contribution in [-0.4, -0.2) is 35.0 Å². The number of anilines is 1. The Bertz CT molecular complexity index is 768. The predicted octanol–water partition coefficient (Wildman–Crippen LogP) is 2.91. The van der Waals surface area contributed by atoms with Gasteiger partial charge in [0.2, 0.25) is 11.9 Å². The van der Waals surface area contributed by atoms with Crippen molar-refractivity contribution >= 4 is 11.9 Å². The molecule has 0 aromatic carbocycles. The molecule has 2 atom stereocenters. The van der Waals surface area contributed by atoms with E-state index in [9.17, 15) is 4.79 Å². The number of amides is 1. The maximum absolute atomic E-state index is 12.7. The van der Waals surface area contributed by atoms with E-state index in [1.54, 1.807) is 6.26 Å². The highest BCUT2D eigenvalue weighted by atomic mass is 16.3. The number of rotatable bonds is 6. The molecular weight excluding hydrogens is 340 g/mol. The van der Waals surface area contributed by atoms with Crippen LogP contribution in [0.25, 0.3) is 0 Å². The number of fused-ring (bicyclic) bond motifs is 1. The molecule has 4 rings (SSSR count). The number of carbonyl (C=O) groups is 1. The standard InChI is InChI=1S/C21H28N4O2/c1-15(6-8-18-5-4-12-27-18)23-20(26)16-7-9-19-17(13-16)14-22-21(24-19)25-10-2-3-11-25/h4-5,12,14-16H,2-3,6-11,13H2,1H3,(H,23,26). The van der Waals surface area contributed by atoms with Crippen LogP contribution >= 0.6 is 0 Å². The molecule has 3 heterocycles. The Morgan fingerprint density at radius 3 is 3.04 bits per heavy atom. The molecule has 2 aromatic heterocycles. The van der Waals surface area contributed by atoms with Gasteiger partial charge in [-0.15, -0.1) is 0 Å². The van der Waals surface area contributed by atoms with E-state index in [0.29, 0.717) is 0 Å². The molecule has 0 saturated carbocycles. The van der Waals surface area contributed by atoms with Crippen LogP contribution in [0.5, 0.6) is 0 Å². The number of furan rings is 1. The quantitative estimate of drug-likeness (QED) is 0.849. The molecule has 0 spiro atoms. The molecule has 2 aromatic rings. The summed E-state index contributed by atoms with van der Waals surface area (Å²) in [6.45, 7) is 4.17. The fraction of sp³-hybridized carbons (Fsp3) is 0.571. The molecule has 0 bridgehead atoms. The first-order valence-electron chi connectivity index (χ1n) is 10.1. The summed E-state index contributed by atoms with van der Waals surface area (Å²) in [7, 11) is 0. The maximum atomic E-state index is 12.7. The van der Waals surface area contributed by atoms with Crippen molar-refractivity contribution in [3.8, 4) is 0 Å². The fourth-order valence-corrected chi connectivity index (χ4v) is 4.04. The minimum Gasteiger partial charge on any atom is -0.469 e. The van der Waals surface area contributed by atoms with E-state index in [0.717, 1.165) is 68.2 Å². The monoisotopic (exact) mass is 368 g/mol. The summed E-state index contributed by atoms with van der Waals surface area (Å²) >= 11 is 0.